The summed E-state index contributed by atoms with van der Waals surface area (Å²) >= 11 is 0. The van der Waals surface area contributed by atoms with Gasteiger partial charge in [0.25, 0.3) is 5.91 Å². The molecule has 5 heteroatoms. The molecule has 5 nitrogen and oxygen atoms in total. The highest BCUT2D eigenvalue weighted by molar-refractivity contribution is 6.10. The normalized spacial score (nSPS) is 16.2. The van der Waals surface area contributed by atoms with E-state index in [1.165, 1.54) is 5.56 Å². The number of nitrogens with zero attached hydrogens (tertiary/aromatic N) is 1. The molecule has 0 radical (unpaired) electrons. The zero-order chi connectivity index (χ0) is 20.8. The maximum atomic E-state index is 12.8. The summed E-state index contributed by atoms with van der Waals surface area (Å²) in [5, 5.41) is 5.81. The van der Waals surface area contributed by atoms with E-state index in [-0.39, 0.29) is 17.9 Å². The minimum Gasteiger partial charge on any atom is -0.324 e. The summed E-state index contributed by atoms with van der Waals surface area (Å²) in [6.07, 6.45) is 2.12. The minimum absolute atomic E-state index is 0.113. The second-order valence-electron chi connectivity index (χ2n) is 7.45. The SMILES string of the molecule is O=C(CN1CCCC1c1ccccc1)Nc1ccccc1C(=O)Nc1ccccc1. The van der Waals surface area contributed by atoms with Gasteiger partial charge in [0.05, 0.1) is 17.8 Å². The third-order valence-corrected chi connectivity index (χ3v) is 5.37. The van der Waals surface area contributed by atoms with Gasteiger partial charge in [0, 0.05) is 11.7 Å². The number of nitrogens with one attached hydrogen (secondary N) is 2. The number of rotatable bonds is 6. The lowest BCUT2D eigenvalue weighted by Gasteiger charge is -2.24. The van der Waals surface area contributed by atoms with E-state index in [9.17, 15) is 9.59 Å². The predicted molar refractivity (Wildman–Crippen MR) is 119 cm³/mol. The number of para-hydroxylation sites is 2. The van der Waals surface area contributed by atoms with E-state index < -0.39 is 0 Å². The molecule has 2 amide bonds. The molecule has 1 unspecified atom stereocenters. The molecule has 1 atom stereocenters. The second-order valence-corrected chi connectivity index (χ2v) is 7.45. The molecule has 1 heterocycles. The highest BCUT2D eigenvalue weighted by Gasteiger charge is 2.27. The van der Waals surface area contributed by atoms with Crippen LogP contribution in [0.25, 0.3) is 0 Å². The molecule has 0 aliphatic carbocycles. The van der Waals surface area contributed by atoms with Crippen molar-refractivity contribution in [1.29, 1.82) is 0 Å². The van der Waals surface area contributed by atoms with Crippen molar-refractivity contribution in [2.45, 2.75) is 18.9 Å². The highest BCUT2D eigenvalue weighted by Crippen LogP contribution is 2.31. The molecule has 0 bridgehead atoms. The van der Waals surface area contributed by atoms with Crippen molar-refractivity contribution >= 4 is 23.2 Å². The smallest absolute Gasteiger partial charge is 0.257 e. The van der Waals surface area contributed by atoms with Gasteiger partial charge in [0.2, 0.25) is 5.91 Å². The number of amides is 2. The molecule has 1 fully saturated rings. The zero-order valence-corrected chi connectivity index (χ0v) is 16.8. The fourth-order valence-corrected chi connectivity index (χ4v) is 3.95. The summed E-state index contributed by atoms with van der Waals surface area (Å²) in [5.41, 5.74) is 2.92. The summed E-state index contributed by atoms with van der Waals surface area (Å²) in [5.74, 6) is -0.363. The van der Waals surface area contributed by atoms with Crippen LogP contribution in [0.2, 0.25) is 0 Å². The Morgan fingerprint density at radius 3 is 2.27 bits per heavy atom. The molecule has 0 saturated carbocycles. The topological polar surface area (TPSA) is 61.4 Å². The Morgan fingerprint density at radius 2 is 1.50 bits per heavy atom. The maximum Gasteiger partial charge on any atom is 0.257 e. The van der Waals surface area contributed by atoms with Crippen LogP contribution in [0.4, 0.5) is 11.4 Å². The van der Waals surface area contributed by atoms with Crippen molar-refractivity contribution in [1.82, 2.24) is 4.90 Å². The minimum atomic E-state index is -0.250. The predicted octanol–water partition coefficient (Wildman–Crippen LogP) is 4.71. The molecule has 1 aliphatic heterocycles. The van der Waals surface area contributed by atoms with Crippen molar-refractivity contribution in [2.75, 3.05) is 23.7 Å². The van der Waals surface area contributed by atoms with Crippen molar-refractivity contribution in [2.24, 2.45) is 0 Å². The van der Waals surface area contributed by atoms with Crippen LogP contribution in [0.5, 0.6) is 0 Å². The first-order chi connectivity index (χ1) is 14.7. The van der Waals surface area contributed by atoms with Crippen molar-refractivity contribution in [3.05, 3.63) is 96.1 Å². The molecule has 4 rings (SSSR count). The number of carbonyl (C=O) groups is 2. The van der Waals surface area contributed by atoms with E-state index in [0.717, 1.165) is 19.4 Å². The number of anilines is 2. The lowest BCUT2D eigenvalue weighted by atomic mass is 10.0. The van der Waals surface area contributed by atoms with Gasteiger partial charge in [-0.05, 0) is 49.2 Å². The van der Waals surface area contributed by atoms with Crippen LogP contribution in [0.1, 0.15) is 34.8 Å². The van der Waals surface area contributed by atoms with Crippen LogP contribution >= 0.6 is 0 Å². The summed E-state index contributed by atoms with van der Waals surface area (Å²) in [6, 6.07) is 26.9. The molecule has 152 valence electrons. The third kappa shape index (κ3) is 4.75. The van der Waals surface area contributed by atoms with Gasteiger partial charge in [-0.15, -0.1) is 0 Å². The van der Waals surface area contributed by atoms with Crippen LogP contribution in [0, 0.1) is 0 Å². The molecule has 0 spiro atoms. The van der Waals surface area contributed by atoms with Crippen LogP contribution in [0.15, 0.2) is 84.9 Å². The average Bonchev–Trinajstić information content (AvgIpc) is 3.23. The lowest BCUT2D eigenvalue weighted by Crippen LogP contribution is -2.33. The molecular formula is C25H25N3O2. The van der Waals surface area contributed by atoms with Gasteiger partial charge in [-0.3, -0.25) is 14.5 Å². The van der Waals surface area contributed by atoms with Gasteiger partial charge in [-0.1, -0.05) is 60.7 Å². The first kappa shape index (κ1) is 19.9. The van der Waals surface area contributed by atoms with Gasteiger partial charge in [0.15, 0.2) is 0 Å². The first-order valence-electron chi connectivity index (χ1n) is 10.2. The van der Waals surface area contributed by atoms with E-state index in [1.54, 1.807) is 18.2 Å². The highest BCUT2D eigenvalue weighted by atomic mass is 16.2. The van der Waals surface area contributed by atoms with E-state index in [0.29, 0.717) is 23.5 Å². The van der Waals surface area contributed by atoms with E-state index >= 15 is 0 Å². The van der Waals surface area contributed by atoms with Gasteiger partial charge in [-0.2, -0.15) is 0 Å². The third-order valence-electron chi connectivity index (χ3n) is 5.37. The molecule has 2 N–H and O–H groups in total. The number of hydrogen-bond donors (Lipinski definition) is 2. The quantitative estimate of drug-likeness (QED) is 0.631. The second kappa shape index (κ2) is 9.37. The fraction of sp³-hybridized carbons (Fsp3) is 0.200. The Hall–Kier alpha value is -3.44. The van der Waals surface area contributed by atoms with Crippen molar-refractivity contribution in [3.8, 4) is 0 Å². The van der Waals surface area contributed by atoms with Gasteiger partial charge >= 0.3 is 0 Å². The van der Waals surface area contributed by atoms with Crippen molar-refractivity contribution < 1.29 is 9.59 Å². The largest absolute Gasteiger partial charge is 0.324 e. The monoisotopic (exact) mass is 399 g/mol. The maximum absolute atomic E-state index is 12.8. The summed E-state index contributed by atoms with van der Waals surface area (Å²) in [4.78, 5) is 27.7. The summed E-state index contributed by atoms with van der Waals surface area (Å²) in [6.45, 7) is 1.19. The lowest BCUT2D eigenvalue weighted by molar-refractivity contribution is -0.117. The zero-order valence-electron chi connectivity index (χ0n) is 16.8. The van der Waals surface area contributed by atoms with Crippen LogP contribution in [-0.2, 0) is 4.79 Å². The Balaban J connectivity index is 1.43. The molecular weight excluding hydrogens is 374 g/mol. The van der Waals surface area contributed by atoms with Crippen LogP contribution in [-0.4, -0.2) is 29.8 Å². The van der Waals surface area contributed by atoms with Gasteiger partial charge < -0.3 is 10.6 Å². The molecule has 0 aromatic heterocycles. The Labute approximate surface area is 176 Å². The average molecular weight is 399 g/mol. The van der Waals surface area contributed by atoms with Gasteiger partial charge in [-0.25, -0.2) is 0 Å². The molecule has 3 aromatic rings. The fourth-order valence-electron chi connectivity index (χ4n) is 3.95. The summed E-state index contributed by atoms with van der Waals surface area (Å²) in [7, 11) is 0. The number of likely N-dealkylation sites (tertiary alicyclic amines) is 1. The Kier molecular flexibility index (Phi) is 6.20. The van der Waals surface area contributed by atoms with E-state index in [4.69, 9.17) is 0 Å². The van der Waals surface area contributed by atoms with Crippen LogP contribution < -0.4 is 10.6 Å². The molecule has 1 aliphatic rings. The number of benzene rings is 3. The Bertz CT molecular complexity index is 1010. The summed E-state index contributed by atoms with van der Waals surface area (Å²) < 4.78 is 0. The standard InChI is InChI=1S/C25H25N3O2/c29-24(18-28-17-9-16-23(28)19-10-3-1-4-11-19)27-22-15-8-7-14-21(22)25(30)26-20-12-5-2-6-13-20/h1-8,10-15,23H,9,16-18H2,(H,26,30)(H,27,29). The van der Waals surface area contributed by atoms with Crippen LogP contribution in [0.3, 0.4) is 0 Å². The first-order valence-corrected chi connectivity index (χ1v) is 10.2. The van der Waals surface area contributed by atoms with E-state index in [1.807, 2.05) is 54.6 Å². The molecule has 1 saturated heterocycles. The molecule has 3 aromatic carbocycles. The number of carbonyl (C=O) groups excluding carboxylic acids is 2. The molecule has 30 heavy (non-hydrogen) atoms. The number of hydrogen-bond acceptors (Lipinski definition) is 3. The van der Waals surface area contributed by atoms with E-state index in [2.05, 4.69) is 27.7 Å². The Morgan fingerprint density at radius 1 is 0.833 bits per heavy atom. The van der Waals surface area contributed by atoms with Gasteiger partial charge in [0.1, 0.15) is 0 Å². The van der Waals surface area contributed by atoms with Crippen molar-refractivity contribution in [3.63, 3.8) is 0 Å².